The van der Waals surface area contributed by atoms with Gasteiger partial charge in [-0.3, -0.25) is 25.4 Å². The number of amides is 2. The molecule has 2 N–H and O–H groups in total. The summed E-state index contributed by atoms with van der Waals surface area (Å²) in [5.41, 5.74) is 5.09. The van der Waals surface area contributed by atoms with Gasteiger partial charge in [0.25, 0.3) is 11.8 Å². The number of pyridine rings is 1. The first-order valence-electron chi connectivity index (χ1n) is 6.94. The second-order valence-corrected chi connectivity index (χ2v) is 5.39. The van der Waals surface area contributed by atoms with Crippen molar-refractivity contribution in [2.75, 3.05) is 0 Å². The molecule has 2 rings (SSSR count). The summed E-state index contributed by atoms with van der Waals surface area (Å²) >= 11 is 5.78. The largest absolute Gasteiger partial charge is 0.491 e. The van der Waals surface area contributed by atoms with Gasteiger partial charge in [0.1, 0.15) is 11.4 Å². The van der Waals surface area contributed by atoms with Crippen molar-refractivity contribution in [3.05, 3.63) is 58.9 Å². The minimum absolute atomic E-state index is 0.0548. The molecular formula is C16H16ClN3O3. The number of aromatic nitrogens is 1. The lowest BCUT2D eigenvalue weighted by molar-refractivity contribution is 0.0844. The fraction of sp³-hybridized carbons (Fsp3) is 0.188. The molecule has 1 aromatic carbocycles. The van der Waals surface area contributed by atoms with Crippen LogP contribution in [-0.2, 0) is 0 Å². The van der Waals surface area contributed by atoms with E-state index in [0.29, 0.717) is 16.3 Å². The van der Waals surface area contributed by atoms with Crippen LogP contribution in [0, 0.1) is 0 Å². The van der Waals surface area contributed by atoms with Crippen molar-refractivity contribution in [2.45, 2.75) is 20.0 Å². The number of ether oxygens (including phenoxy) is 1. The second-order valence-electron chi connectivity index (χ2n) is 4.96. The van der Waals surface area contributed by atoms with E-state index >= 15 is 0 Å². The number of hydrogen-bond acceptors (Lipinski definition) is 4. The molecule has 0 radical (unpaired) electrons. The summed E-state index contributed by atoms with van der Waals surface area (Å²) in [5, 5.41) is 0.386. The van der Waals surface area contributed by atoms with Gasteiger partial charge in [-0.25, -0.2) is 0 Å². The van der Waals surface area contributed by atoms with Crippen LogP contribution in [0.5, 0.6) is 5.75 Å². The topological polar surface area (TPSA) is 80.3 Å². The van der Waals surface area contributed by atoms with Gasteiger partial charge in [0.2, 0.25) is 0 Å². The van der Waals surface area contributed by atoms with Crippen molar-refractivity contribution in [1.82, 2.24) is 15.8 Å². The number of rotatable bonds is 4. The molecule has 0 aliphatic carbocycles. The van der Waals surface area contributed by atoms with Crippen LogP contribution in [0.25, 0.3) is 0 Å². The summed E-state index contributed by atoms with van der Waals surface area (Å²) in [4.78, 5) is 27.7. The average Bonchev–Trinajstić information content (AvgIpc) is 2.52. The smallest absolute Gasteiger partial charge is 0.288 e. The molecule has 0 saturated heterocycles. The van der Waals surface area contributed by atoms with Gasteiger partial charge in [0, 0.05) is 16.8 Å². The molecule has 0 aliphatic rings. The zero-order chi connectivity index (χ0) is 16.8. The minimum atomic E-state index is -0.555. The maximum Gasteiger partial charge on any atom is 0.288 e. The first-order chi connectivity index (χ1) is 11.0. The Hall–Kier alpha value is -2.60. The van der Waals surface area contributed by atoms with E-state index in [1.807, 2.05) is 13.8 Å². The van der Waals surface area contributed by atoms with Crippen molar-refractivity contribution >= 4 is 23.4 Å². The molecule has 0 unspecified atom stereocenters. The van der Waals surface area contributed by atoms with Gasteiger partial charge < -0.3 is 4.74 Å². The molecule has 23 heavy (non-hydrogen) atoms. The van der Waals surface area contributed by atoms with Crippen LogP contribution in [0.15, 0.2) is 42.6 Å². The zero-order valence-corrected chi connectivity index (χ0v) is 13.4. The average molecular weight is 334 g/mol. The number of halogens is 1. The fourth-order valence-electron chi connectivity index (χ4n) is 1.74. The van der Waals surface area contributed by atoms with Crippen molar-refractivity contribution in [3.8, 4) is 5.75 Å². The Labute approximate surface area is 138 Å². The van der Waals surface area contributed by atoms with E-state index < -0.39 is 11.8 Å². The quantitative estimate of drug-likeness (QED) is 0.843. The van der Waals surface area contributed by atoms with Gasteiger partial charge in [-0.1, -0.05) is 11.6 Å². The molecule has 120 valence electrons. The van der Waals surface area contributed by atoms with E-state index in [1.54, 1.807) is 30.3 Å². The predicted octanol–water partition coefficient (Wildman–Crippen LogP) is 2.60. The molecule has 7 heteroatoms. The number of benzene rings is 1. The first kappa shape index (κ1) is 16.8. The lowest BCUT2D eigenvalue weighted by Gasteiger charge is -2.10. The molecule has 0 spiro atoms. The third-order valence-corrected chi connectivity index (χ3v) is 2.97. The summed E-state index contributed by atoms with van der Waals surface area (Å²) < 4.78 is 5.49. The van der Waals surface area contributed by atoms with Crippen LogP contribution < -0.4 is 15.6 Å². The highest BCUT2D eigenvalue weighted by Gasteiger charge is 2.10. The first-order valence-corrected chi connectivity index (χ1v) is 7.32. The zero-order valence-electron chi connectivity index (χ0n) is 12.7. The maximum atomic E-state index is 12.0. The summed E-state index contributed by atoms with van der Waals surface area (Å²) in [6.07, 6.45) is 1.46. The number of hydrazine groups is 1. The number of nitrogens with one attached hydrogen (secondary N) is 2. The van der Waals surface area contributed by atoms with Crippen LogP contribution in [0.2, 0.25) is 5.02 Å². The highest BCUT2D eigenvalue weighted by atomic mass is 35.5. The number of nitrogens with zero attached hydrogens (tertiary/aromatic N) is 1. The Morgan fingerprint density at radius 3 is 2.35 bits per heavy atom. The Morgan fingerprint density at radius 1 is 1.09 bits per heavy atom. The summed E-state index contributed by atoms with van der Waals surface area (Å²) in [6.45, 7) is 3.83. The molecule has 2 aromatic rings. The standard InChI is InChI=1S/C16H16ClN3O3/c1-10(2)23-13-5-3-11(4-6-13)15(21)19-20-16(22)14-9-12(17)7-8-18-14/h3-10H,1-2H3,(H,19,21)(H,20,22). The lowest BCUT2D eigenvalue weighted by atomic mass is 10.2. The van der Waals surface area contributed by atoms with Crippen LogP contribution in [0.3, 0.4) is 0 Å². The van der Waals surface area contributed by atoms with Crippen LogP contribution in [0.1, 0.15) is 34.7 Å². The van der Waals surface area contributed by atoms with E-state index in [-0.39, 0.29) is 11.8 Å². The molecule has 1 aromatic heterocycles. The summed E-state index contributed by atoms with van der Waals surface area (Å²) in [5.74, 6) is -0.333. The third-order valence-electron chi connectivity index (χ3n) is 2.73. The van der Waals surface area contributed by atoms with Gasteiger partial charge in [-0.15, -0.1) is 0 Å². The second kappa shape index (κ2) is 7.60. The van der Waals surface area contributed by atoms with Gasteiger partial charge in [0.05, 0.1) is 6.10 Å². The van der Waals surface area contributed by atoms with Gasteiger partial charge >= 0.3 is 0 Å². The lowest BCUT2D eigenvalue weighted by Crippen LogP contribution is -2.41. The predicted molar refractivity (Wildman–Crippen MR) is 86.4 cm³/mol. The summed E-state index contributed by atoms with van der Waals surface area (Å²) in [7, 11) is 0. The minimum Gasteiger partial charge on any atom is -0.491 e. The highest BCUT2D eigenvalue weighted by molar-refractivity contribution is 6.30. The fourth-order valence-corrected chi connectivity index (χ4v) is 1.90. The molecule has 0 aliphatic heterocycles. The maximum absolute atomic E-state index is 12.0. The van der Waals surface area contributed by atoms with E-state index in [1.165, 1.54) is 12.3 Å². The Morgan fingerprint density at radius 2 is 1.74 bits per heavy atom. The Kier molecular flexibility index (Phi) is 5.54. The normalized spacial score (nSPS) is 10.3. The number of carbonyl (C=O) groups is 2. The molecule has 0 bridgehead atoms. The molecule has 0 saturated carbocycles. The van der Waals surface area contributed by atoms with E-state index in [0.717, 1.165) is 0 Å². The van der Waals surface area contributed by atoms with Crippen molar-refractivity contribution in [1.29, 1.82) is 0 Å². The van der Waals surface area contributed by atoms with Crippen molar-refractivity contribution < 1.29 is 14.3 Å². The van der Waals surface area contributed by atoms with Gasteiger partial charge in [-0.05, 0) is 50.2 Å². The Bertz CT molecular complexity index is 702. The van der Waals surface area contributed by atoms with E-state index in [2.05, 4.69) is 15.8 Å². The van der Waals surface area contributed by atoms with Crippen LogP contribution in [-0.4, -0.2) is 22.9 Å². The molecule has 2 amide bonds. The SMILES string of the molecule is CC(C)Oc1ccc(C(=O)NNC(=O)c2cc(Cl)ccn2)cc1. The van der Waals surface area contributed by atoms with Crippen LogP contribution in [0.4, 0.5) is 0 Å². The third kappa shape index (κ3) is 4.96. The van der Waals surface area contributed by atoms with Gasteiger partial charge in [0.15, 0.2) is 0 Å². The molecule has 6 nitrogen and oxygen atoms in total. The number of carbonyl (C=O) groups excluding carboxylic acids is 2. The molecule has 0 fully saturated rings. The monoisotopic (exact) mass is 333 g/mol. The highest BCUT2D eigenvalue weighted by Crippen LogP contribution is 2.13. The summed E-state index contributed by atoms with van der Waals surface area (Å²) in [6, 6.07) is 9.55. The van der Waals surface area contributed by atoms with E-state index in [4.69, 9.17) is 16.3 Å². The van der Waals surface area contributed by atoms with E-state index in [9.17, 15) is 9.59 Å². The molecular weight excluding hydrogens is 318 g/mol. The van der Waals surface area contributed by atoms with Crippen LogP contribution >= 0.6 is 11.6 Å². The molecule has 1 heterocycles. The van der Waals surface area contributed by atoms with Gasteiger partial charge in [-0.2, -0.15) is 0 Å². The number of hydrogen-bond donors (Lipinski definition) is 2. The molecule has 0 atom stereocenters. The van der Waals surface area contributed by atoms with Crippen molar-refractivity contribution in [2.24, 2.45) is 0 Å². The Balaban J connectivity index is 1.93. The van der Waals surface area contributed by atoms with Crippen molar-refractivity contribution in [3.63, 3.8) is 0 Å².